The summed E-state index contributed by atoms with van der Waals surface area (Å²) in [5.41, 5.74) is 2.63. The zero-order chi connectivity index (χ0) is 27.3. The van der Waals surface area contributed by atoms with E-state index in [0.29, 0.717) is 35.9 Å². The average molecular weight is 527 g/mol. The van der Waals surface area contributed by atoms with Crippen LogP contribution in [-0.2, 0) is 9.53 Å². The quantitative estimate of drug-likeness (QED) is 0.0757. The SMILES string of the molecule is C=C(C)C(=O)OCCCCCCOc1ccc(N=Nc2ccc(Oc3nnnn3-c3ccccc3)cc2)cc1. The normalized spacial score (nSPS) is 10.9. The van der Waals surface area contributed by atoms with Gasteiger partial charge in [-0.25, -0.2) is 4.79 Å². The Morgan fingerprint density at radius 2 is 1.44 bits per heavy atom. The lowest BCUT2D eigenvalue weighted by molar-refractivity contribution is -0.139. The molecule has 0 atom stereocenters. The highest BCUT2D eigenvalue weighted by Gasteiger charge is 2.10. The summed E-state index contributed by atoms with van der Waals surface area (Å²) in [5.74, 6) is 1.03. The van der Waals surface area contributed by atoms with Crippen LogP contribution in [0.25, 0.3) is 5.69 Å². The van der Waals surface area contributed by atoms with Gasteiger partial charge in [-0.3, -0.25) is 0 Å². The molecule has 0 unspecified atom stereocenters. The molecule has 0 aliphatic heterocycles. The molecule has 10 heteroatoms. The third kappa shape index (κ3) is 8.60. The van der Waals surface area contributed by atoms with Crippen LogP contribution >= 0.6 is 0 Å². The Morgan fingerprint density at radius 1 is 0.821 bits per heavy atom. The van der Waals surface area contributed by atoms with Gasteiger partial charge in [0.25, 0.3) is 0 Å². The fourth-order valence-electron chi connectivity index (χ4n) is 3.42. The van der Waals surface area contributed by atoms with Gasteiger partial charge < -0.3 is 14.2 Å². The van der Waals surface area contributed by atoms with Crippen LogP contribution in [0, 0.1) is 0 Å². The zero-order valence-electron chi connectivity index (χ0n) is 21.8. The molecule has 0 amide bonds. The monoisotopic (exact) mass is 526 g/mol. The Bertz CT molecular complexity index is 1370. The molecule has 200 valence electrons. The number of unbranched alkanes of at least 4 members (excludes halogenated alkanes) is 3. The average Bonchev–Trinajstić information content (AvgIpc) is 3.43. The van der Waals surface area contributed by atoms with Crippen LogP contribution in [0.4, 0.5) is 11.4 Å². The lowest BCUT2D eigenvalue weighted by atomic mass is 10.2. The first-order valence-electron chi connectivity index (χ1n) is 12.7. The largest absolute Gasteiger partial charge is 0.494 e. The Kier molecular flexibility index (Phi) is 9.88. The smallest absolute Gasteiger partial charge is 0.345 e. The van der Waals surface area contributed by atoms with Crippen molar-refractivity contribution in [1.29, 1.82) is 0 Å². The molecule has 0 saturated carbocycles. The third-order valence-electron chi connectivity index (χ3n) is 5.49. The van der Waals surface area contributed by atoms with Gasteiger partial charge in [-0.1, -0.05) is 29.9 Å². The molecule has 4 aromatic rings. The molecule has 3 aromatic carbocycles. The van der Waals surface area contributed by atoms with E-state index < -0.39 is 0 Å². The van der Waals surface area contributed by atoms with E-state index in [0.717, 1.165) is 37.1 Å². The molecule has 0 bridgehead atoms. The second kappa shape index (κ2) is 14.2. The number of nitrogens with zero attached hydrogens (tertiary/aromatic N) is 6. The number of esters is 1. The van der Waals surface area contributed by atoms with Crippen LogP contribution in [0.1, 0.15) is 32.6 Å². The molecular weight excluding hydrogens is 496 g/mol. The Morgan fingerprint density at radius 3 is 2.08 bits per heavy atom. The number of benzene rings is 3. The molecule has 0 radical (unpaired) electrons. The Balaban J connectivity index is 1.18. The predicted molar refractivity (Wildman–Crippen MR) is 146 cm³/mol. The lowest BCUT2D eigenvalue weighted by Gasteiger charge is -2.07. The maximum Gasteiger partial charge on any atom is 0.345 e. The standard InChI is InChI=1S/C29H30N6O4/c1-22(2)28(36)38-21-9-4-3-8-20-37-26-16-12-23(13-17-26)30-31-24-14-18-27(19-15-24)39-29-32-33-34-35(29)25-10-6-5-7-11-25/h5-7,10-19H,1,3-4,8-9,20-21H2,2H3. The minimum atomic E-state index is -0.330. The Hall–Kier alpha value is -4.86. The lowest BCUT2D eigenvalue weighted by Crippen LogP contribution is -2.06. The number of carbonyl (C=O) groups is 1. The van der Waals surface area contributed by atoms with Crippen molar-refractivity contribution in [2.75, 3.05) is 13.2 Å². The number of tetrazole rings is 1. The van der Waals surface area contributed by atoms with Crippen molar-refractivity contribution < 1.29 is 19.0 Å². The highest BCUT2D eigenvalue weighted by molar-refractivity contribution is 5.86. The molecule has 0 N–H and O–H groups in total. The Labute approximate surface area is 226 Å². The first-order chi connectivity index (χ1) is 19.1. The molecule has 0 fully saturated rings. The highest BCUT2D eigenvalue weighted by Crippen LogP contribution is 2.26. The molecule has 4 rings (SSSR count). The van der Waals surface area contributed by atoms with Crippen molar-refractivity contribution >= 4 is 17.3 Å². The molecule has 39 heavy (non-hydrogen) atoms. The van der Waals surface area contributed by atoms with Gasteiger partial charge in [0.1, 0.15) is 11.5 Å². The zero-order valence-corrected chi connectivity index (χ0v) is 21.8. The molecule has 1 heterocycles. The van der Waals surface area contributed by atoms with Crippen LogP contribution in [0.15, 0.2) is 101 Å². The van der Waals surface area contributed by atoms with E-state index in [1.54, 1.807) is 31.2 Å². The van der Waals surface area contributed by atoms with Gasteiger partial charge in [-0.15, -0.1) is 0 Å². The molecule has 0 aliphatic rings. The van der Waals surface area contributed by atoms with Gasteiger partial charge in [0.15, 0.2) is 0 Å². The fourth-order valence-corrected chi connectivity index (χ4v) is 3.42. The van der Waals surface area contributed by atoms with Gasteiger partial charge >= 0.3 is 12.0 Å². The van der Waals surface area contributed by atoms with E-state index in [1.165, 1.54) is 4.68 Å². The summed E-state index contributed by atoms with van der Waals surface area (Å²) in [6.07, 6.45) is 3.75. The number of hydrogen-bond acceptors (Lipinski definition) is 9. The molecule has 0 spiro atoms. The molecule has 0 saturated heterocycles. The number of ether oxygens (including phenoxy) is 3. The van der Waals surface area contributed by atoms with Crippen molar-refractivity contribution in [1.82, 2.24) is 20.2 Å². The summed E-state index contributed by atoms with van der Waals surface area (Å²) in [5, 5.41) is 20.2. The van der Waals surface area contributed by atoms with E-state index in [2.05, 4.69) is 32.3 Å². The van der Waals surface area contributed by atoms with Crippen molar-refractivity contribution in [2.24, 2.45) is 10.2 Å². The minimum absolute atomic E-state index is 0.263. The number of rotatable bonds is 14. The van der Waals surface area contributed by atoms with Gasteiger partial charge in [-0.05, 0) is 104 Å². The summed E-state index contributed by atoms with van der Waals surface area (Å²) in [6, 6.07) is 24.4. The summed E-state index contributed by atoms with van der Waals surface area (Å²) < 4.78 is 18.2. The fraction of sp³-hybridized carbons (Fsp3) is 0.241. The van der Waals surface area contributed by atoms with Crippen molar-refractivity contribution in [3.8, 4) is 23.2 Å². The van der Waals surface area contributed by atoms with Crippen LogP contribution in [-0.4, -0.2) is 39.4 Å². The summed E-state index contributed by atoms with van der Waals surface area (Å²) in [4.78, 5) is 11.3. The number of para-hydroxylation sites is 1. The molecular formula is C29H30N6O4. The highest BCUT2D eigenvalue weighted by atomic mass is 16.5. The molecule has 10 nitrogen and oxygen atoms in total. The maximum absolute atomic E-state index is 11.3. The third-order valence-corrected chi connectivity index (χ3v) is 5.49. The summed E-state index contributed by atoms with van der Waals surface area (Å²) >= 11 is 0. The molecule has 1 aromatic heterocycles. The summed E-state index contributed by atoms with van der Waals surface area (Å²) in [7, 11) is 0. The van der Waals surface area contributed by atoms with Gasteiger partial charge in [0.2, 0.25) is 0 Å². The maximum atomic E-state index is 11.3. The second-order valence-electron chi connectivity index (χ2n) is 8.68. The number of carbonyl (C=O) groups excluding carboxylic acids is 1. The number of azo groups is 1. The minimum Gasteiger partial charge on any atom is -0.494 e. The second-order valence-corrected chi connectivity index (χ2v) is 8.68. The molecule has 0 aliphatic carbocycles. The first kappa shape index (κ1) is 27.2. The van der Waals surface area contributed by atoms with E-state index in [4.69, 9.17) is 14.2 Å². The first-order valence-corrected chi connectivity index (χ1v) is 12.7. The topological polar surface area (TPSA) is 113 Å². The van der Waals surface area contributed by atoms with Gasteiger partial charge in [0, 0.05) is 5.57 Å². The van der Waals surface area contributed by atoms with E-state index >= 15 is 0 Å². The number of hydrogen-bond donors (Lipinski definition) is 0. The predicted octanol–water partition coefficient (Wildman–Crippen LogP) is 6.93. The summed E-state index contributed by atoms with van der Waals surface area (Å²) in [6.45, 7) is 6.26. The van der Waals surface area contributed by atoms with Gasteiger partial charge in [-0.2, -0.15) is 14.9 Å². The van der Waals surface area contributed by atoms with Crippen LogP contribution < -0.4 is 9.47 Å². The van der Waals surface area contributed by atoms with Crippen molar-refractivity contribution in [3.63, 3.8) is 0 Å². The van der Waals surface area contributed by atoms with Gasteiger partial charge in [0.05, 0.1) is 30.3 Å². The van der Waals surface area contributed by atoms with Crippen LogP contribution in [0.3, 0.4) is 0 Å². The van der Waals surface area contributed by atoms with Crippen LogP contribution in [0.2, 0.25) is 0 Å². The van der Waals surface area contributed by atoms with E-state index in [-0.39, 0.29) is 12.0 Å². The van der Waals surface area contributed by atoms with E-state index in [9.17, 15) is 4.79 Å². The number of aromatic nitrogens is 4. The van der Waals surface area contributed by atoms with E-state index in [1.807, 2.05) is 54.6 Å². The van der Waals surface area contributed by atoms with Crippen LogP contribution in [0.5, 0.6) is 17.5 Å². The van der Waals surface area contributed by atoms with Crippen molar-refractivity contribution in [2.45, 2.75) is 32.6 Å². The van der Waals surface area contributed by atoms with Crippen molar-refractivity contribution in [3.05, 3.63) is 91.0 Å².